The molecule has 0 saturated carbocycles. The molecule has 2 N–H and O–H groups in total. The van der Waals surface area contributed by atoms with Crippen LogP contribution in [-0.4, -0.2) is 9.97 Å². The van der Waals surface area contributed by atoms with E-state index in [1.54, 1.807) is 12.3 Å². The maximum Gasteiger partial charge on any atom is 0.322 e. The molecule has 2 aromatic rings. The summed E-state index contributed by atoms with van der Waals surface area (Å²) in [5.41, 5.74) is 7.41. The quantitative estimate of drug-likeness (QED) is 0.945. The molecule has 5 heteroatoms. The van der Waals surface area contributed by atoms with Crippen LogP contribution >= 0.6 is 15.9 Å². The molecule has 2 rings (SSSR count). The lowest BCUT2D eigenvalue weighted by atomic mass is 10.2. The third-order valence-electron chi connectivity index (χ3n) is 2.19. The second kappa shape index (κ2) is 5.25. The van der Waals surface area contributed by atoms with Crippen LogP contribution in [0.15, 0.2) is 34.9 Å². The molecule has 0 atom stereocenters. The highest BCUT2D eigenvalue weighted by Crippen LogP contribution is 2.28. The van der Waals surface area contributed by atoms with Gasteiger partial charge in [-0.25, -0.2) is 4.98 Å². The van der Waals surface area contributed by atoms with Gasteiger partial charge >= 0.3 is 6.01 Å². The number of halogens is 1. The molecule has 1 aromatic carbocycles. The summed E-state index contributed by atoms with van der Waals surface area (Å²) in [6.07, 6.45) is 1.63. The number of aromatic nitrogens is 2. The van der Waals surface area contributed by atoms with Crippen LogP contribution in [0.25, 0.3) is 0 Å². The van der Waals surface area contributed by atoms with Crippen LogP contribution in [0.2, 0.25) is 0 Å². The molecule has 4 nitrogen and oxygen atoms in total. The van der Waals surface area contributed by atoms with Gasteiger partial charge in [0.05, 0.1) is 10.2 Å². The lowest BCUT2D eigenvalue weighted by Crippen LogP contribution is -2.01. The van der Waals surface area contributed by atoms with E-state index in [1.807, 2.05) is 25.1 Å². The first-order valence-corrected chi connectivity index (χ1v) is 5.94. The number of aryl methyl sites for hydroxylation is 1. The van der Waals surface area contributed by atoms with Gasteiger partial charge in [-0.1, -0.05) is 6.07 Å². The van der Waals surface area contributed by atoms with Crippen LogP contribution in [0.4, 0.5) is 0 Å². The highest BCUT2D eigenvalue weighted by Gasteiger charge is 2.05. The first-order chi connectivity index (χ1) is 8.19. The number of ether oxygens (including phenoxy) is 1. The zero-order valence-corrected chi connectivity index (χ0v) is 10.9. The van der Waals surface area contributed by atoms with Crippen LogP contribution in [-0.2, 0) is 6.54 Å². The van der Waals surface area contributed by atoms with Crippen molar-refractivity contribution in [3.8, 4) is 11.8 Å². The van der Waals surface area contributed by atoms with E-state index in [9.17, 15) is 0 Å². The zero-order valence-electron chi connectivity index (χ0n) is 9.35. The van der Waals surface area contributed by atoms with E-state index in [2.05, 4.69) is 25.9 Å². The first-order valence-electron chi connectivity index (χ1n) is 5.15. The number of benzene rings is 1. The topological polar surface area (TPSA) is 61.0 Å². The highest BCUT2D eigenvalue weighted by atomic mass is 79.9. The molecular weight excluding hydrogens is 282 g/mol. The first kappa shape index (κ1) is 12.0. The molecule has 17 heavy (non-hydrogen) atoms. The summed E-state index contributed by atoms with van der Waals surface area (Å²) in [6.45, 7) is 2.38. The van der Waals surface area contributed by atoms with Crippen molar-refractivity contribution in [2.45, 2.75) is 13.5 Å². The number of nitrogens with two attached hydrogens (primary N) is 1. The van der Waals surface area contributed by atoms with Gasteiger partial charge in [0.2, 0.25) is 0 Å². The average Bonchev–Trinajstić information content (AvgIpc) is 2.33. The van der Waals surface area contributed by atoms with Gasteiger partial charge in [-0.05, 0) is 46.6 Å². The molecule has 0 saturated heterocycles. The molecule has 1 aromatic heterocycles. The van der Waals surface area contributed by atoms with E-state index in [1.165, 1.54) is 0 Å². The van der Waals surface area contributed by atoms with Crippen molar-refractivity contribution in [2.75, 3.05) is 0 Å². The molecule has 0 spiro atoms. The Hall–Kier alpha value is -1.46. The van der Waals surface area contributed by atoms with E-state index >= 15 is 0 Å². The molecule has 0 aliphatic rings. The maximum absolute atomic E-state index is 5.58. The van der Waals surface area contributed by atoms with Gasteiger partial charge < -0.3 is 10.5 Å². The van der Waals surface area contributed by atoms with Gasteiger partial charge in [-0.3, -0.25) is 0 Å². The molecule has 0 radical (unpaired) electrons. The lowest BCUT2D eigenvalue weighted by Gasteiger charge is -2.07. The minimum absolute atomic E-state index is 0.303. The maximum atomic E-state index is 5.58. The lowest BCUT2D eigenvalue weighted by molar-refractivity contribution is 0.436. The minimum atomic E-state index is 0.303. The van der Waals surface area contributed by atoms with Gasteiger partial charge in [0, 0.05) is 12.7 Å². The molecule has 0 bridgehead atoms. The molecule has 0 fully saturated rings. The predicted octanol–water partition coefficient (Wildman–Crippen LogP) is 2.80. The van der Waals surface area contributed by atoms with Gasteiger partial charge in [0.1, 0.15) is 5.75 Å². The molecule has 0 amide bonds. The fraction of sp³-hybridized carbons (Fsp3) is 0.167. The normalized spacial score (nSPS) is 10.3. The molecule has 1 heterocycles. The zero-order chi connectivity index (χ0) is 12.3. The Kier molecular flexibility index (Phi) is 3.71. The van der Waals surface area contributed by atoms with Crippen molar-refractivity contribution in [1.29, 1.82) is 0 Å². The van der Waals surface area contributed by atoms with Crippen molar-refractivity contribution in [2.24, 2.45) is 5.73 Å². The fourth-order valence-electron chi connectivity index (χ4n) is 1.33. The molecule has 88 valence electrons. The van der Waals surface area contributed by atoms with Crippen LogP contribution < -0.4 is 10.5 Å². The number of hydrogen-bond acceptors (Lipinski definition) is 4. The monoisotopic (exact) mass is 293 g/mol. The summed E-state index contributed by atoms with van der Waals surface area (Å²) in [4.78, 5) is 8.21. The number of hydrogen-bond donors (Lipinski definition) is 1. The number of rotatable bonds is 3. The van der Waals surface area contributed by atoms with Crippen molar-refractivity contribution in [1.82, 2.24) is 9.97 Å². The van der Waals surface area contributed by atoms with E-state index in [0.29, 0.717) is 18.3 Å². The van der Waals surface area contributed by atoms with Crippen molar-refractivity contribution in [3.05, 3.63) is 46.2 Å². The SMILES string of the molecule is Cc1ccc(Oc2nccc(CN)n2)c(Br)c1. The Labute approximate surface area is 108 Å². The van der Waals surface area contributed by atoms with Crippen LogP contribution in [0.3, 0.4) is 0 Å². The van der Waals surface area contributed by atoms with E-state index in [-0.39, 0.29) is 0 Å². The fourth-order valence-corrected chi connectivity index (χ4v) is 1.90. The van der Waals surface area contributed by atoms with Gasteiger partial charge in [-0.2, -0.15) is 4.98 Å². The second-order valence-electron chi connectivity index (χ2n) is 3.57. The van der Waals surface area contributed by atoms with Gasteiger partial charge in [0.25, 0.3) is 0 Å². The third-order valence-corrected chi connectivity index (χ3v) is 2.81. The Morgan fingerprint density at radius 2 is 2.18 bits per heavy atom. The Morgan fingerprint density at radius 3 is 2.88 bits per heavy atom. The van der Waals surface area contributed by atoms with E-state index < -0.39 is 0 Å². The second-order valence-corrected chi connectivity index (χ2v) is 4.42. The van der Waals surface area contributed by atoms with E-state index in [4.69, 9.17) is 10.5 Å². The molecule has 0 unspecified atom stereocenters. The van der Waals surface area contributed by atoms with Crippen LogP contribution in [0.1, 0.15) is 11.3 Å². The number of nitrogens with zero attached hydrogens (tertiary/aromatic N) is 2. The minimum Gasteiger partial charge on any atom is -0.423 e. The smallest absolute Gasteiger partial charge is 0.322 e. The Balaban J connectivity index is 2.25. The standard InChI is InChI=1S/C12H12BrN3O/c1-8-2-3-11(10(13)6-8)17-12-15-5-4-9(7-14)16-12/h2-6H,7,14H2,1H3. The molecule has 0 aliphatic carbocycles. The van der Waals surface area contributed by atoms with Crippen LogP contribution in [0.5, 0.6) is 11.8 Å². The summed E-state index contributed by atoms with van der Waals surface area (Å²) in [7, 11) is 0. The van der Waals surface area contributed by atoms with Gasteiger partial charge in [-0.15, -0.1) is 0 Å². The van der Waals surface area contributed by atoms with E-state index in [0.717, 1.165) is 15.7 Å². The Bertz CT molecular complexity index is 531. The van der Waals surface area contributed by atoms with Crippen molar-refractivity contribution < 1.29 is 4.74 Å². The average molecular weight is 294 g/mol. The molecular formula is C12H12BrN3O. The highest BCUT2D eigenvalue weighted by molar-refractivity contribution is 9.10. The third kappa shape index (κ3) is 3.01. The van der Waals surface area contributed by atoms with Crippen LogP contribution in [0, 0.1) is 6.92 Å². The summed E-state index contributed by atoms with van der Waals surface area (Å²) in [6, 6.07) is 7.88. The van der Waals surface area contributed by atoms with Gasteiger partial charge in [0.15, 0.2) is 0 Å². The predicted molar refractivity (Wildman–Crippen MR) is 68.9 cm³/mol. The van der Waals surface area contributed by atoms with Crippen molar-refractivity contribution in [3.63, 3.8) is 0 Å². The summed E-state index contributed by atoms with van der Waals surface area (Å²) >= 11 is 3.43. The summed E-state index contributed by atoms with van der Waals surface area (Å²) in [5, 5.41) is 0. The molecule has 0 aliphatic heterocycles. The summed E-state index contributed by atoms with van der Waals surface area (Å²) in [5.74, 6) is 0.685. The largest absolute Gasteiger partial charge is 0.423 e. The van der Waals surface area contributed by atoms with Crippen molar-refractivity contribution >= 4 is 15.9 Å². The Morgan fingerprint density at radius 1 is 1.35 bits per heavy atom. The summed E-state index contributed by atoms with van der Waals surface area (Å²) < 4.78 is 6.46.